The highest BCUT2D eigenvalue weighted by atomic mass is 16.2. The lowest BCUT2D eigenvalue weighted by Crippen LogP contribution is -2.43. The van der Waals surface area contributed by atoms with Gasteiger partial charge in [-0.15, -0.1) is 0 Å². The zero-order valence-corrected chi connectivity index (χ0v) is 11.9. The molecule has 0 radical (unpaired) electrons. The second kappa shape index (κ2) is 6.43. The summed E-state index contributed by atoms with van der Waals surface area (Å²) in [7, 11) is 0. The Morgan fingerprint density at radius 2 is 1.83 bits per heavy atom. The highest BCUT2D eigenvalue weighted by molar-refractivity contribution is 5.74. The van der Waals surface area contributed by atoms with E-state index in [-0.39, 0.29) is 11.4 Å². The molecule has 0 aliphatic carbocycles. The number of carbonyl (C=O) groups excluding carboxylic acids is 1. The normalized spacial score (nSPS) is 11.1. The number of carbonyl (C=O) groups is 1. The monoisotopic (exact) mass is 248 g/mol. The Bertz CT molecular complexity index is 368. The van der Waals surface area contributed by atoms with Crippen LogP contribution in [0.3, 0.4) is 0 Å². The predicted molar refractivity (Wildman–Crippen MR) is 75.4 cm³/mol. The summed E-state index contributed by atoms with van der Waals surface area (Å²) in [5.74, 6) is 0. The molecule has 0 aliphatic rings. The second-order valence-electron chi connectivity index (χ2n) is 5.74. The van der Waals surface area contributed by atoms with Crippen LogP contribution in [-0.4, -0.2) is 24.0 Å². The fourth-order valence-electron chi connectivity index (χ4n) is 1.84. The first-order chi connectivity index (χ1) is 8.42. The van der Waals surface area contributed by atoms with Gasteiger partial charge >= 0.3 is 6.03 Å². The van der Waals surface area contributed by atoms with Crippen molar-refractivity contribution in [1.29, 1.82) is 0 Å². The number of amides is 2. The summed E-state index contributed by atoms with van der Waals surface area (Å²) < 4.78 is 0. The van der Waals surface area contributed by atoms with Crippen molar-refractivity contribution in [1.82, 2.24) is 10.2 Å². The van der Waals surface area contributed by atoms with Gasteiger partial charge in [0.05, 0.1) is 0 Å². The van der Waals surface area contributed by atoms with Gasteiger partial charge in [0.1, 0.15) is 0 Å². The molecule has 0 saturated carbocycles. The average Bonchev–Trinajstić information content (AvgIpc) is 2.28. The van der Waals surface area contributed by atoms with E-state index in [1.54, 1.807) is 0 Å². The molecule has 1 aromatic rings. The summed E-state index contributed by atoms with van der Waals surface area (Å²) in [5, 5.41) is 2.88. The van der Waals surface area contributed by atoms with Crippen molar-refractivity contribution < 1.29 is 4.79 Å². The third-order valence-corrected chi connectivity index (χ3v) is 2.50. The molecule has 2 amide bonds. The molecule has 0 heterocycles. The largest absolute Gasteiger partial charge is 0.338 e. The van der Waals surface area contributed by atoms with Gasteiger partial charge in [0.2, 0.25) is 0 Å². The van der Waals surface area contributed by atoms with Crippen LogP contribution >= 0.6 is 0 Å². The Balaban J connectivity index is 2.74. The quantitative estimate of drug-likeness (QED) is 0.871. The van der Waals surface area contributed by atoms with Crippen LogP contribution in [0.15, 0.2) is 30.3 Å². The second-order valence-corrected chi connectivity index (χ2v) is 5.74. The molecule has 3 heteroatoms. The highest BCUT2D eigenvalue weighted by Gasteiger charge is 2.20. The predicted octanol–water partition coefficient (Wildman–Crippen LogP) is 3.26. The van der Waals surface area contributed by atoms with E-state index >= 15 is 0 Å². The maximum absolute atomic E-state index is 12.0. The molecule has 18 heavy (non-hydrogen) atoms. The van der Waals surface area contributed by atoms with E-state index < -0.39 is 0 Å². The molecule has 100 valence electrons. The van der Waals surface area contributed by atoms with Crippen molar-refractivity contribution in [3.8, 4) is 0 Å². The first kappa shape index (κ1) is 14.6. The minimum atomic E-state index is 0.0104. The molecule has 1 N–H and O–H groups in total. The van der Waals surface area contributed by atoms with Gasteiger partial charge in [-0.05, 0) is 17.9 Å². The van der Waals surface area contributed by atoms with Gasteiger partial charge in [0.15, 0.2) is 0 Å². The van der Waals surface area contributed by atoms with Crippen LogP contribution < -0.4 is 5.32 Å². The maximum atomic E-state index is 12.0. The smallest absolute Gasteiger partial charge is 0.317 e. The van der Waals surface area contributed by atoms with E-state index in [1.165, 1.54) is 0 Å². The minimum absolute atomic E-state index is 0.0104. The van der Waals surface area contributed by atoms with Gasteiger partial charge in [-0.25, -0.2) is 4.79 Å². The SMILES string of the molecule is CCNC(=O)N(Cc1ccccc1)CC(C)(C)C. The lowest BCUT2D eigenvalue weighted by atomic mass is 9.96. The molecular formula is C15H24N2O. The number of benzene rings is 1. The molecule has 0 aromatic heterocycles. The van der Waals surface area contributed by atoms with Gasteiger partial charge in [-0.1, -0.05) is 51.1 Å². The van der Waals surface area contributed by atoms with Gasteiger partial charge in [-0.3, -0.25) is 0 Å². The molecule has 0 aliphatic heterocycles. The Morgan fingerprint density at radius 3 is 2.33 bits per heavy atom. The van der Waals surface area contributed by atoms with Gasteiger partial charge in [0.25, 0.3) is 0 Å². The summed E-state index contributed by atoms with van der Waals surface area (Å²) in [5.41, 5.74) is 1.26. The number of nitrogens with one attached hydrogen (secondary N) is 1. The Hall–Kier alpha value is -1.51. The third kappa shape index (κ3) is 5.21. The van der Waals surface area contributed by atoms with Crippen LogP contribution in [0.5, 0.6) is 0 Å². The van der Waals surface area contributed by atoms with E-state index in [9.17, 15) is 4.79 Å². The topological polar surface area (TPSA) is 32.3 Å². The zero-order chi connectivity index (χ0) is 13.6. The molecular weight excluding hydrogens is 224 g/mol. The van der Waals surface area contributed by atoms with Crippen LogP contribution in [-0.2, 0) is 6.54 Å². The van der Waals surface area contributed by atoms with E-state index in [2.05, 4.69) is 38.2 Å². The van der Waals surface area contributed by atoms with Crippen LogP contribution in [0.2, 0.25) is 0 Å². The Labute approximate surface area is 110 Å². The van der Waals surface area contributed by atoms with E-state index in [4.69, 9.17) is 0 Å². The van der Waals surface area contributed by atoms with E-state index in [0.717, 1.165) is 12.1 Å². The van der Waals surface area contributed by atoms with E-state index in [1.807, 2.05) is 30.0 Å². The summed E-state index contributed by atoms with van der Waals surface area (Å²) in [4.78, 5) is 13.9. The number of urea groups is 1. The van der Waals surface area contributed by atoms with Crippen molar-refractivity contribution >= 4 is 6.03 Å². The van der Waals surface area contributed by atoms with Crippen molar-refractivity contribution in [2.75, 3.05) is 13.1 Å². The number of hydrogen-bond donors (Lipinski definition) is 1. The summed E-state index contributed by atoms with van der Waals surface area (Å²) in [6.07, 6.45) is 0. The van der Waals surface area contributed by atoms with E-state index in [0.29, 0.717) is 13.1 Å². The molecule has 0 atom stereocenters. The summed E-state index contributed by atoms with van der Waals surface area (Å²) in [6.45, 7) is 10.4. The van der Waals surface area contributed by atoms with Gasteiger partial charge in [0, 0.05) is 19.6 Å². The van der Waals surface area contributed by atoms with Gasteiger partial charge < -0.3 is 10.2 Å². The molecule has 0 fully saturated rings. The van der Waals surface area contributed by atoms with Crippen LogP contribution in [0, 0.1) is 5.41 Å². The number of nitrogens with zero attached hydrogens (tertiary/aromatic N) is 1. The maximum Gasteiger partial charge on any atom is 0.317 e. The Morgan fingerprint density at radius 1 is 1.22 bits per heavy atom. The number of hydrogen-bond acceptors (Lipinski definition) is 1. The Kier molecular flexibility index (Phi) is 5.20. The molecule has 0 spiro atoms. The first-order valence-electron chi connectivity index (χ1n) is 6.49. The molecule has 0 saturated heterocycles. The number of rotatable bonds is 4. The standard InChI is InChI=1S/C15H24N2O/c1-5-16-14(18)17(12-15(2,3)4)11-13-9-7-6-8-10-13/h6-10H,5,11-12H2,1-4H3,(H,16,18). The van der Waals surface area contributed by atoms with Crippen molar-refractivity contribution in [2.24, 2.45) is 5.41 Å². The van der Waals surface area contributed by atoms with Gasteiger partial charge in [-0.2, -0.15) is 0 Å². The van der Waals surface area contributed by atoms with Crippen molar-refractivity contribution in [2.45, 2.75) is 34.2 Å². The summed E-state index contributed by atoms with van der Waals surface area (Å²) in [6, 6.07) is 10.1. The van der Waals surface area contributed by atoms with Crippen molar-refractivity contribution in [3.05, 3.63) is 35.9 Å². The van der Waals surface area contributed by atoms with Crippen LogP contribution in [0.25, 0.3) is 0 Å². The molecule has 3 nitrogen and oxygen atoms in total. The minimum Gasteiger partial charge on any atom is -0.338 e. The molecule has 0 bridgehead atoms. The molecule has 1 rings (SSSR count). The fourth-order valence-corrected chi connectivity index (χ4v) is 1.84. The first-order valence-corrected chi connectivity index (χ1v) is 6.49. The lowest BCUT2D eigenvalue weighted by Gasteiger charge is -2.30. The van der Waals surface area contributed by atoms with Crippen LogP contribution in [0.1, 0.15) is 33.3 Å². The summed E-state index contributed by atoms with van der Waals surface area (Å²) >= 11 is 0. The fraction of sp³-hybridized carbons (Fsp3) is 0.533. The average molecular weight is 248 g/mol. The van der Waals surface area contributed by atoms with Crippen molar-refractivity contribution in [3.63, 3.8) is 0 Å². The van der Waals surface area contributed by atoms with Crippen LogP contribution in [0.4, 0.5) is 4.79 Å². The third-order valence-electron chi connectivity index (χ3n) is 2.50. The lowest BCUT2D eigenvalue weighted by molar-refractivity contribution is 0.170. The highest BCUT2D eigenvalue weighted by Crippen LogP contribution is 2.17. The molecule has 0 unspecified atom stereocenters. The zero-order valence-electron chi connectivity index (χ0n) is 11.9. The molecule has 1 aromatic carbocycles.